The number of hydrogen-bond acceptors (Lipinski definition) is 6. The van der Waals surface area contributed by atoms with Crippen LogP contribution in [-0.2, 0) is 4.79 Å². The Morgan fingerprint density at radius 2 is 2.22 bits per heavy atom. The average Bonchev–Trinajstić information content (AvgIpc) is 3.03. The lowest BCUT2D eigenvalue weighted by atomic mass is 10.2. The number of likely N-dealkylation sites (N-methyl/N-ethyl adjacent to an activating group) is 1. The monoisotopic (exact) mass is 382 g/mol. The summed E-state index contributed by atoms with van der Waals surface area (Å²) in [6.45, 7) is 1.69. The zero-order valence-corrected chi connectivity index (χ0v) is 14.4. The maximum Gasteiger partial charge on any atom is 0.490 e. The highest BCUT2D eigenvalue weighted by atomic mass is 19.4. The van der Waals surface area contributed by atoms with Crippen LogP contribution in [0.1, 0.15) is 18.4 Å². The number of carboxylic acids is 1. The predicted octanol–water partition coefficient (Wildman–Crippen LogP) is 2.61. The van der Waals surface area contributed by atoms with Crippen molar-refractivity contribution < 1.29 is 27.8 Å². The molecule has 3 rings (SSSR count). The summed E-state index contributed by atoms with van der Waals surface area (Å²) in [5.41, 5.74) is 1.26. The van der Waals surface area contributed by atoms with Gasteiger partial charge in [0.05, 0.1) is 5.52 Å². The van der Waals surface area contributed by atoms with Crippen LogP contribution in [0.5, 0.6) is 5.88 Å². The Labute approximate surface area is 153 Å². The maximum atomic E-state index is 10.6. The normalized spacial score (nSPS) is 17.1. The van der Waals surface area contributed by atoms with Gasteiger partial charge in [-0.3, -0.25) is 4.98 Å². The molecule has 0 amide bonds. The molecule has 1 aliphatic rings. The fourth-order valence-corrected chi connectivity index (χ4v) is 2.55. The molecule has 0 aromatic carbocycles. The first-order valence-electron chi connectivity index (χ1n) is 8.00. The Bertz CT molecular complexity index is 851. The second-order valence-electron chi connectivity index (χ2n) is 5.91. The summed E-state index contributed by atoms with van der Waals surface area (Å²) in [6, 6.07) is 6.16. The van der Waals surface area contributed by atoms with Crippen LogP contribution >= 0.6 is 0 Å². The van der Waals surface area contributed by atoms with Gasteiger partial charge in [-0.15, -0.1) is 0 Å². The summed E-state index contributed by atoms with van der Waals surface area (Å²) >= 11 is 0. The molecule has 1 N–H and O–H groups in total. The molecule has 0 aliphatic carbocycles. The Hall–Kier alpha value is -2.93. The number of hydrogen-bond donors (Lipinski definition) is 1. The van der Waals surface area contributed by atoms with Crippen LogP contribution < -0.4 is 4.74 Å². The van der Waals surface area contributed by atoms with Crippen molar-refractivity contribution in [2.75, 3.05) is 20.2 Å². The largest absolute Gasteiger partial charge is 0.490 e. The highest BCUT2D eigenvalue weighted by molar-refractivity contribution is 5.79. The zero-order valence-electron chi connectivity index (χ0n) is 14.4. The number of carboxylic acid groups (broad SMARTS) is 1. The van der Waals surface area contributed by atoms with E-state index in [1.54, 1.807) is 18.5 Å². The number of nitrogens with zero attached hydrogens (tertiary/aromatic N) is 4. The van der Waals surface area contributed by atoms with Gasteiger partial charge in [-0.1, -0.05) is 0 Å². The summed E-state index contributed by atoms with van der Waals surface area (Å²) in [7, 11) is 2.10. The van der Waals surface area contributed by atoms with E-state index in [1.165, 1.54) is 6.42 Å². The summed E-state index contributed by atoms with van der Waals surface area (Å²) in [5, 5.41) is 17.2. The SMILES string of the molecule is CN1CCC[C@H]1COc1nc2ccncc2cc1C#N.O=C(O)C(F)(F)F. The van der Waals surface area contributed by atoms with E-state index in [0.29, 0.717) is 24.1 Å². The van der Waals surface area contributed by atoms with E-state index in [9.17, 15) is 18.4 Å². The van der Waals surface area contributed by atoms with Gasteiger partial charge in [0.1, 0.15) is 18.2 Å². The fourth-order valence-electron chi connectivity index (χ4n) is 2.55. The quantitative estimate of drug-likeness (QED) is 0.871. The number of aliphatic carboxylic acids is 1. The van der Waals surface area contributed by atoms with Crippen molar-refractivity contribution in [1.82, 2.24) is 14.9 Å². The number of aromatic nitrogens is 2. The molecule has 1 fully saturated rings. The average molecular weight is 382 g/mol. The number of carbonyl (C=O) groups is 1. The van der Waals surface area contributed by atoms with Gasteiger partial charge in [0.2, 0.25) is 5.88 Å². The number of likely N-dealkylation sites (tertiary alicyclic amines) is 1. The third-order valence-corrected chi connectivity index (χ3v) is 4.03. The summed E-state index contributed by atoms with van der Waals surface area (Å²) in [6.07, 6.45) is 0.649. The van der Waals surface area contributed by atoms with Gasteiger partial charge in [0.15, 0.2) is 0 Å². The highest BCUT2D eigenvalue weighted by Gasteiger charge is 2.38. The van der Waals surface area contributed by atoms with Crippen molar-refractivity contribution >= 4 is 16.9 Å². The lowest BCUT2D eigenvalue weighted by molar-refractivity contribution is -0.192. The molecule has 0 spiro atoms. The van der Waals surface area contributed by atoms with Gasteiger partial charge in [0, 0.05) is 23.8 Å². The van der Waals surface area contributed by atoms with E-state index in [1.807, 2.05) is 6.07 Å². The van der Waals surface area contributed by atoms with Crippen LogP contribution in [0.3, 0.4) is 0 Å². The van der Waals surface area contributed by atoms with E-state index in [4.69, 9.17) is 14.6 Å². The van der Waals surface area contributed by atoms with Crippen LogP contribution in [0, 0.1) is 11.3 Å². The van der Waals surface area contributed by atoms with Crippen LogP contribution in [0.15, 0.2) is 24.5 Å². The number of fused-ring (bicyclic) bond motifs is 1. The third kappa shape index (κ3) is 5.52. The van der Waals surface area contributed by atoms with Gasteiger partial charge >= 0.3 is 12.1 Å². The smallest absolute Gasteiger partial charge is 0.475 e. The predicted molar refractivity (Wildman–Crippen MR) is 89.1 cm³/mol. The first-order valence-corrected chi connectivity index (χ1v) is 8.00. The Balaban J connectivity index is 0.000000321. The van der Waals surface area contributed by atoms with Crippen LogP contribution in [0.2, 0.25) is 0 Å². The molecule has 2 aromatic rings. The molecule has 0 bridgehead atoms. The van der Waals surface area contributed by atoms with Gasteiger partial charge < -0.3 is 14.7 Å². The standard InChI is InChI=1S/C15H16N4O.C2HF3O2/c1-19-6-2-3-13(19)10-20-15-11(8-16)7-12-9-17-5-4-14(12)18-15;3-2(4,5)1(6)7/h4-5,7,9,13H,2-3,6,10H2,1H3;(H,6,7)/t13-;/m0./s1. The second-order valence-corrected chi connectivity index (χ2v) is 5.91. The van der Waals surface area contributed by atoms with Gasteiger partial charge in [0.25, 0.3) is 0 Å². The lowest BCUT2D eigenvalue weighted by Crippen LogP contribution is -2.30. The van der Waals surface area contributed by atoms with Gasteiger partial charge in [-0.05, 0) is 38.6 Å². The molecule has 1 saturated heterocycles. The van der Waals surface area contributed by atoms with Crippen molar-refractivity contribution in [3.05, 3.63) is 30.1 Å². The summed E-state index contributed by atoms with van der Waals surface area (Å²) < 4.78 is 37.5. The lowest BCUT2D eigenvalue weighted by Gasteiger charge is -2.19. The van der Waals surface area contributed by atoms with Crippen LogP contribution in [-0.4, -0.2) is 58.4 Å². The topological polar surface area (TPSA) is 99.3 Å². The number of halogens is 3. The van der Waals surface area contributed by atoms with Crippen LogP contribution in [0.4, 0.5) is 13.2 Å². The van der Waals surface area contributed by atoms with E-state index in [0.717, 1.165) is 23.9 Å². The van der Waals surface area contributed by atoms with Gasteiger partial charge in [-0.2, -0.15) is 18.4 Å². The molecule has 7 nitrogen and oxygen atoms in total. The Morgan fingerprint density at radius 3 is 2.78 bits per heavy atom. The Morgan fingerprint density at radius 1 is 1.52 bits per heavy atom. The molecule has 1 atom stereocenters. The molecule has 10 heteroatoms. The number of rotatable bonds is 3. The zero-order chi connectivity index (χ0) is 20.0. The minimum absolute atomic E-state index is 0.413. The molecule has 1 aliphatic heterocycles. The van der Waals surface area contributed by atoms with Crippen molar-refractivity contribution in [3.8, 4) is 11.9 Å². The van der Waals surface area contributed by atoms with Gasteiger partial charge in [-0.25, -0.2) is 9.78 Å². The molecule has 0 radical (unpaired) electrons. The number of ether oxygens (including phenoxy) is 1. The van der Waals surface area contributed by atoms with Crippen LogP contribution in [0.25, 0.3) is 10.9 Å². The molecule has 2 aromatic heterocycles. The minimum Gasteiger partial charge on any atom is -0.475 e. The molecule has 0 unspecified atom stereocenters. The summed E-state index contributed by atoms with van der Waals surface area (Å²) in [4.78, 5) is 19.7. The molecule has 27 heavy (non-hydrogen) atoms. The number of pyridine rings is 2. The van der Waals surface area contributed by atoms with E-state index in [2.05, 4.69) is 28.0 Å². The van der Waals surface area contributed by atoms with Crippen molar-refractivity contribution in [3.63, 3.8) is 0 Å². The maximum absolute atomic E-state index is 10.6. The minimum atomic E-state index is -5.08. The first kappa shape index (κ1) is 20.4. The molecule has 0 saturated carbocycles. The van der Waals surface area contributed by atoms with Crippen molar-refractivity contribution in [2.45, 2.75) is 25.1 Å². The third-order valence-electron chi connectivity index (χ3n) is 4.03. The molecular formula is C17H17F3N4O3. The molecule has 3 heterocycles. The van der Waals surface area contributed by atoms with Crippen molar-refractivity contribution in [1.29, 1.82) is 5.26 Å². The molecule has 144 valence electrons. The summed E-state index contributed by atoms with van der Waals surface area (Å²) in [5.74, 6) is -2.33. The Kier molecular flexibility index (Phi) is 6.52. The highest BCUT2D eigenvalue weighted by Crippen LogP contribution is 2.22. The van der Waals surface area contributed by atoms with Crippen molar-refractivity contribution in [2.24, 2.45) is 0 Å². The van der Waals surface area contributed by atoms with E-state index in [-0.39, 0.29) is 0 Å². The van der Waals surface area contributed by atoms with E-state index >= 15 is 0 Å². The first-order chi connectivity index (χ1) is 12.7. The number of alkyl halides is 3. The second kappa shape index (κ2) is 8.64. The van der Waals surface area contributed by atoms with E-state index < -0.39 is 12.1 Å². The number of nitriles is 1. The fraction of sp³-hybridized carbons (Fsp3) is 0.412. The molecular weight excluding hydrogens is 365 g/mol.